The number of rotatable bonds is 9. The summed E-state index contributed by atoms with van der Waals surface area (Å²) in [7, 11) is 0. The Kier molecular flexibility index (Phi) is 6.99. The lowest BCUT2D eigenvalue weighted by molar-refractivity contribution is 0.0526. The number of ether oxygens (including phenoxy) is 2. The van der Waals surface area contributed by atoms with Gasteiger partial charge < -0.3 is 14.8 Å². The maximum Gasteiger partial charge on any atom is 0.435 e. The number of nitrogens with zero attached hydrogens (tertiary/aromatic N) is 4. The molecule has 2 heterocycles. The molecule has 1 N–H and O–H groups in total. The van der Waals surface area contributed by atoms with Crippen molar-refractivity contribution < 1.29 is 19.1 Å². The number of carbonyl (C=O) groups is 2. The monoisotopic (exact) mass is 447 g/mol. The lowest BCUT2D eigenvalue weighted by Gasteiger charge is -2.06. The Morgan fingerprint density at radius 2 is 1.91 bits per heavy atom. The van der Waals surface area contributed by atoms with Gasteiger partial charge in [-0.05, 0) is 37.1 Å². The minimum absolute atomic E-state index is 0.196. The smallest absolute Gasteiger partial charge is 0.435 e. The molecule has 33 heavy (non-hydrogen) atoms. The average Bonchev–Trinajstić information content (AvgIpc) is 3.48. The molecule has 0 fully saturated rings. The molecule has 0 bridgehead atoms. The van der Waals surface area contributed by atoms with Gasteiger partial charge in [-0.15, -0.1) is 5.10 Å². The van der Waals surface area contributed by atoms with Crippen molar-refractivity contribution in [3.63, 3.8) is 0 Å². The summed E-state index contributed by atoms with van der Waals surface area (Å²) in [6, 6.07) is 16.6. The van der Waals surface area contributed by atoms with Crippen LogP contribution in [0.2, 0.25) is 0 Å². The van der Waals surface area contributed by atoms with Crippen molar-refractivity contribution in [1.82, 2.24) is 19.6 Å². The van der Waals surface area contributed by atoms with Gasteiger partial charge in [0.05, 0.1) is 23.9 Å². The lowest BCUT2D eigenvalue weighted by Crippen LogP contribution is -2.15. The summed E-state index contributed by atoms with van der Waals surface area (Å²) in [6.07, 6.45) is 3.57. The highest BCUT2D eigenvalue weighted by Gasteiger charge is 2.11. The van der Waals surface area contributed by atoms with E-state index in [0.717, 1.165) is 22.9 Å². The van der Waals surface area contributed by atoms with Crippen LogP contribution in [-0.2, 0) is 22.6 Å². The second-order valence-electron chi connectivity index (χ2n) is 7.33. The highest BCUT2D eigenvalue weighted by atomic mass is 16.6. The van der Waals surface area contributed by atoms with Gasteiger partial charge in [-0.3, -0.25) is 4.68 Å². The van der Waals surface area contributed by atoms with Crippen LogP contribution in [0.15, 0.2) is 67.0 Å². The Morgan fingerprint density at radius 1 is 1.06 bits per heavy atom. The summed E-state index contributed by atoms with van der Waals surface area (Å²) in [5, 5.41) is 12.7. The third-order valence-electron chi connectivity index (χ3n) is 4.99. The molecule has 170 valence electrons. The highest BCUT2D eigenvalue weighted by molar-refractivity contribution is 5.94. The zero-order chi connectivity index (χ0) is 23.0. The van der Waals surface area contributed by atoms with E-state index in [9.17, 15) is 9.59 Å². The Labute approximate surface area is 190 Å². The summed E-state index contributed by atoms with van der Waals surface area (Å²) in [4.78, 5) is 24.0. The van der Waals surface area contributed by atoms with Crippen molar-refractivity contribution in [2.45, 2.75) is 26.5 Å². The standard InChI is InChI=1S/C24H25N5O4/c1-2-32-23(30)19-9-10-21-20(15-19)16-26-28(21)13-6-12-25-22-11-14-29(27-22)24(31)33-17-18-7-4-3-5-8-18/h3-5,7-11,14-16H,2,6,12-13,17H2,1H3,(H,25,27). The minimum atomic E-state index is -0.530. The van der Waals surface area contributed by atoms with Crippen molar-refractivity contribution in [3.05, 3.63) is 78.1 Å². The van der Waals surface area contributed by atoms with Gasteiger partial charge in [0, 0.05) is 30.7 Å². The quantitative estimate of drug-likeness (QED) is 0.305. The van der Waals surface area contributed by atoms with Crippen LogP contribution in [0.5, 0.6) is 0 Å². The predicted octanol–water partition coefficient (Wildman–Crippen LogP) is 4.10. The maximum absolute atomic E-state index is 12.2. The first kappa shape index (κ1) is 22.1. The van der Waals surface area contributed by atoms with Crippen molar-refractivity contribution in [2.75, 3.05) is 18.5 Å². The van der Waals surface area contributed by atoms with Gasteiger partial charge in [0.2, 0.25) is 0 Å². The van der Waals surface area contributed by atoms with E-state index < -0.39 is 6.09 Å². The largest absolute Gasteiger partial charge is 0.462 e. The molecular weight excluding hydrogens is 422 g/mol. The van der Waals surface area contributed by atoms with Gasteiger partial charge in [0.1, 0.15) is 12.4 Å². The number of esters is 1. The molecule has 0 amide bonds. The maximum atomic E-state index is 12.2. The average molecular weight is 447 g/mol. The summed E-state index contributed by atoms with van der Waals surface area (Å²) in [5.74, 6) is 0.260. The molecule has 0 atom stereocenters. The summed E-state index contributed by atoms with van der Waals surface area (Å²) in [5.41, 5.74) is 2.39. The number of hydrogen-bond donors (Lipinski definition) is 1. The molecule has 0 radical (unpaired) electrons. The molecular formula is C24H25N5O4. The molecule has 0 aliphatic carbocycles. The first-order chi connectivity index (χ1) is 16.1. The number of carbonyl (C=O) groups excluding carboxylic acids is 2. The Morgan fingerprint density at radius 3 is 2.73 bits per heavy atom. The van der Waals surface area contributed by atoms with Crippen molar-refractivity contribution in [1.29, 1.82) is 0 Å². The zero-order valence-corrected chi connectivity index (χ0v) is 18.3. The van der Waals surface area contributed by atoms with E-state index in [-0.39, 0.29) is 12.6 Å². The zero-order valence-electron chi connectivity index (χ0n) is 18.3. The number of benzene rings is 2. The fourth-order valence-corrected chi connectivity index (χ4v) is 3.36. The van der Waals surface area contributed by atoms with E-state index in [0.29, 0.717) is 31.1 Å². The molecule has 4 aromatic rings. The fraction of sp³-hybridized carbons (Fsp3) is 0.250. The van der Waals surface area contributed by atoms with Crippen LogP contribution >= 0.6 is 0 Å². The number of hydrogen-bond acceptors (Lipinski definition) is 7. The number of fused-ring (bicyclic) bond motifs is 1. The number of nitrogens with one attached hydrogen (secondary N) is 1. The fourth-order valence-electron chi connectivity index (χ4n) is 3.36. The Bertz CT molecular complexity index is 1230. The topological polar surface area (TPSA) is 100 Å². The number of aromatic nitrogens is 4. The molecule has 0 saturated heterocycles. The first-order valence-electron chi connectivity index (χ1n) is 10.8. The summed E-state index contributed by atoms with van der Waals surface area (Å²) >= 11 is 0. The number of aryl methyl sites for hydroxylation is 1. The molecule has 0 aliphatic rings. The van der Waals surface area contributed by atoms with Crippen LogP contribution in [-0.4, -0.2) is 44.8 Å². The van der Waals surface area contributed by atoms with Crippen molar-refractivity contribution in [2.24, 2.45) is 0 Å². The summed E-state index contributed by atoms with van der Waals surface area (Å²) < 4.78 is 13.4. The van der Waals surface area contributed by atoms with Crippen LogP contribution in [0, 0.1) is 0 Å². The van der Waals surface area contributed by atoms with Gasteiger partial charge in [0.15, 0.2) is 0 Å². The highest BCUT2D eigenvalue weighted by Crippen LogP contribution is 2.17. The number of anilines is 1. The van der Waals surface area contributed by atoms with Gasteiger partial charge in [-0.1, -0.05) is 30.3 Å². The molecule has 4 rings (SSSR count). The summed E-state index contributed by atoms with van der Waals surface area (Å²) in [6.45, 7) is 3.66. The molecule has 2 aromatic carbocycles. The Balaban J connectivity index is 1.25. The molecule has 2 aromatic heterocycles. The van der Waals surface area contributed by atoms with E-state index in [2.05, 4.69) is 15.5 Å². The van der Waals surface area contributed by atoms with E-state index in [1.54, 1.807) is 37.5 Å². The molecule has 0 unspecified atom stereocenters. The van der Waals surface area contributed by atoms with Crippen LogP contribution in [0.25, 0.3) is 10.9 Å². The van der Waals surface area contributed by atoms with Crippen LogP contribution < -0.4 is 5.32 Å². The molecule has 0 spiro atoms. The van der Waals surface area contributed by atoms with Crippen LogP contribution in [0.3, 0.4) is 0 Å². The lowest BCUT2D eigenvalue weighted by atomic mass is 10.1. The van der Waals surface area contributed by atoms with E-state index in [1.165, 1.54) is 4.68 Å². The third-order valence-corrected chi connectivity index (χ3v) is 4.99. The first-order valence-corrected chi connectivity index (χ1v) is 10.8. The predicted molar refractivity (Wildman–Crippen MR) is 123 cm³/mol. The van der Waals surface area contributed by atoms with Crippen molar-refractivity contribution >= 4 is 28.8 Å². The van der Waals surface area contributed by atoms with Gasteiger partial charge in [0.25, 0.3) is 0 Å². The molecule has 9 nitrogen and oxygen atoms in total. The van der Waals surface area contributed by atoms with Gasteiger partial charge in [-0.25, -0.2) is 9.59 Å². The van der Waals surface area contributed by atoms with E-state index in [1.807, 2.05) is 41.1 Å². The van der Waals surface area contributed by atoms with Crippen LogP contribution in [0.1, 0.15) is 29.3 Å². The second-order valence-corrected chi connectivity index (χ2v) is 7.33. The SMILES string of the molecule is CCOC(=O)c1ccc2c(cnn2CCCNc2ccn(C(=O)OCc3ccccc3)n2)c1. The molecule has 0 saturated carbocycles. The van der Waals surface area contributed by atoms with E-state index >= 15 is 0 Å². The second kappa shape index (κ2) is 10.4. The minimum Gasteiger partial charge on any atom is -0.462 e. The normalized spacial score (nSPS) is 10.8. The van der Waals surface area contributed by atoms with Crippen molar-refractivity contribution in [3.8, 4) is 0 Å². The Hall–Kier alpha value is -4.14. The molecule has 9 heteroatoms. The van der Waals surface area contributed by atoms with Gasteiger partial charge >= 0.3 is 12.1 Å². The van der Waals surface area contributed by atoms with Crippen LogP contribution in [0.4, 0.5) is 10.6 Å². The third kappa shape index (κ3) is 5.57. The molecule has 0 aliphatic heterocycles. The van der Waals surface area contributed by atoms with E-state index in [4.69, 9.17) is 9.47 Å². The van der Waals surface area contributed by atoms with Gasteiger partial charge in [-0.2, -0.15) is 9.78 Å².